The van der Waals surface area contributed by atoms with Crippen molar-refractivity contribution >= 4 is 11.7 Å². The van der Waals surface area contributed by atoms with Crippen molar-refractivity contribution in [2.24, 2.45) is 5.92 Å². The molecule has 1 atom stereocenters. The maximum Gasteiger partial charge on any atom is 0.288 e. The summed E-state index contributed by atoms with van der Waals surface area (Å²) in [5, 5.41) is 5.11. The predicted molar refractivity (Wildman–Crippen MR) is 201 cm³/mol. The molecule has 0 bridgehead atoms. The summed E-state index contributed by atoms with van der Waals surface area (Å²) in [6.07, 6.45) is 0. The van der Waals surface area contributed by atoms with Crippen LogP contribution in [0.15, 0.2) is 0 Å². The summed E-state index contributed by atoms with van der Waals surface area (Å²) in [4.78, 5) is 22.2. The molecule has 39 heavy (non-hydrogen) atoms. The third kappa shape index (κ3) is 200. The molecule has 0 aromatic heterocycles. The fourth-order valence-corrected chi connectivity index (χ4v) is 1.03. The van der Waals surface area contributed by atoms with Crippen LogP contribution in [0.5, 0.6) is 0 Å². The van der Waals surface area contributed by atoms with Crippen LogP contribution in [0.25, 0.3) is 0 Å². The summed E-state index contributed by atoms with van der Waals surface area (Å²) in [5.41, 5.74) is 0. The summed E-state index contributed by atoms with van der Waals surface area (Å²) in [5.74, 6) is -0.821. The van der Waals surface area contributed by atoms with E-state index in [2.05, 4.69) is 10.6 Å². The van der Waals surface area contributed by atoms with Crippen molar-refractivity contribution in [3.8, 4) is 0 Å². The molecule has 260 valence electrons. The molecule has 1 amide bonds. The average Bonchev–Trinajstić information content (AvgIpc) is 3.09. The van der Waals surface area contributed by atoms with Crippen LogP contribution in [0.4, 0.5) is 0 Å². The Morgan fingerprint density at radius 1 is 0.410 bits per heavy atom. The van der Waals surface area contributed by atoms with Crippen LogP contribution in [0, 0.1) is 5.92 Å². The van der Waals surface area contributed by atoms with Gasteiger partial charge in [0, 0.05) is 7.05 Å². The van der Waals surface area contributed by atoms with Gasteiger partial charge in [0.1, 0.15) is 0 Å². The summed E-state index contributed by atoms with van der Waals surface area (Å²) in [7, 11) is 3.12. The maximum atomic E-state index is 11.3. The predicted octanol–water partition coefficient (Wildman–Crippen LogP) is 13.5. The fourth-order valence-electron chi connectivity index (χ4n) is 1.03. The molecule has 2 N–H and O–H groups in total. The number of ketones is 1. The lowest BCUT2D eigenvalue weighted by Gasteiger charge is -2.17. The van der Waals surface area contributed by atoms with Crippen molar-refractivity contribution in [3.63, 3.8) is 0 Å². The number of rotatable bonds is 4. The highest BCUT2D eigenvalue weighted by atomic mass is 16.2. The number of carbonyl (C=O) groups excluding carboxylic acids is 2. The van der Waals surface area contributed by atoms with E-state index < -0.39 is 11.7 Å². The molecule has 4 nitrogen and oxygen atoms in total. The van der Waals surface area contributed by atoms with Gasteiger partial charge in [-0.05, 0) is 13.0 Å². The lowest BCUT2D eigenvalue weighted by atomic mass is 10.00. The van der Waals surface area contributed by atoms with E-state index in [-0.39, 0.29) is 19.4 Å². The molecule has 0 aliphatic rings. The topological polar surface area (TPSA) is 58.2 Å². The van der Waals surface area contributed by atoms with Gasteiger partial charge >= 0.3 is 0 Å². The van der Waals surface area contributed by atoms with Gasteiger partial charge in [-0.15, -0.1) is 0 Å². The van der Waals surface area contributed by atoms with Gasteiger partial charge in [0.05, 0.1) is 6.04 Å². The van der Waals surface area contributed by atoms with Crippen LogP contribution in [0.3, 0.4) is 0 Å². The minimum Gasteiger partial charge on any atom is -0.353 e. The molecule has 0 aliphatic carbocycles. The zero-order valence-corrected chi connectivity index (χ0v) is 34.0. The monoisotopic (exact) mass is 579 g/mol. The molecule has 0 radical (unpaired) electrons. The summed E-state index contributed by atoms with van der Waals surface area (Å²) < 4.78 is 0. The molecule has 0 aromatic rings. The van der Waals surface area contributed by atoms with Crippen molar-refractivity contribution in [3.05, 3.63) is 0 Å². The number of Topliss-reactive ketones (excluding diaryl/α,β-unsaturated/α-hetero) is 1. The van der Waals surface area contributed by atoms with E-state index in [9.17, 15) is 9.59 Å². The second kappa shape index (κ2) is 282. The Kier molecular flexibility index (Phi) is 710. The zero-order chi connectivity index (χ0) is 35.7. The Bertz CT molecular complexity index is 185. The van der Waals surface area contributed by atoms with Crippen molar-refractivity contribution in [2.45, 2.75) is 207 Å². The molecular weight excluding hydrogens is 480 g/mol. The standard InChI is InChI=1S/C8H16N2O2.13C2H6.CH4/c1-5(2)6(9-3)7(11)8(12)10-4;13*1-2;/h5-6,9H,1-4H3,(H,10,12);13*1-2H3;1H4/t6-;;;;;;;;;;;;;;/m0............../s1. The summed E-state index contributed by atoms with van der Waals surface area (Å²) in [6, 6.07) is -0.384. The number of likely N-dealkylation sites (N-methyl/N-ethyl adjacent to an activating group) is 2. The fraction of sp³-hybridized carbons (Fsp3) is 0.943. The number of hydrogen-bond donors (Lipinski definition) is 2. The van der Waals surface area contributed by atoms with E-state index in [4.69, 9.17) is 0 Å². The highest BCUT2D eigenvalue weighted by Gasteiger charge is 2.25. The Labute approximate surface area is 259 Å². The quantitative estimate of drug-likeness (QED) is 0.326. The minimum absolute atomic E-state index is 0. The van der Waals surface area contributed by atoms with Gasteiger partial charge in [0.15, 0.2) is 0 Å². The van der Waals surface area contributed by atoms with Gasteiger partial charge in [-0.3, -0.25) is 9.59 Å². The van der Waals surface area contributed by atoms with E-state index >= 15 is 0 Å². The lowest BCUT2D eigenvalue weighted by Crippen LogP contribution is -2.45. The van der Waals surface area contributed by atoms with E-state index in [0.29, 0.717) is 0 Å². The number of hydrogen-bond acceptors (Lipinski definition) is 3. The first-order valence-electron chi connectivity index (χ1n) is 17.0. The molecule has 0 rings (SSSR count). The Hall–Kier alpha value is -0.900. The van der Waals surface area contributed by atoms with Crippen molar-refractivity contribution in [1.29, 1.82) is 0 Å². The number of amides is 1. The van der Waals surface area contributed by atoms with E-state index in [1.807, 2.05) is 194 Å². The highest BCUT2D eigenvalue weighted by Crippen LogP contribution is 2.01. The molecule has 0 saturated heterocycles. The van der Waals surface area contributed by atoms with Crippen LogP contribution in [-0.2, 0) is 9.59 Å². The maximum absolute atomic E-state index is 11.3. The van der Waals surface area contributed by atoms with Gasteiger partial charge < -0.3 is 10.6 Å². The third-order valence-corrected chi connectivity index (χ3v) is 1.71. The van der Waals surface area contributed by atoms with Crippen molar-refractivity contribution in [1.82, 2.24) is 10.6 Å². The summed E-state index contributed by atoms with van der Waals surface area (Å²) >= 11 is 0. The second-order valence-corrected chi connectivity index (χ2v) is 2.95. The van der Waals surface area contributed by atoms with Crippen LogP contribution < -0.4 is 10.6 Å². The Morgan fingerprint density at radius 2 is 0.564 bits per heavy atom. The summed E-state index contributed by atoms with van der Waals surface area (Å²) in [6.45, 7) is 55.8. The van der Waals surface area contributed by atoms with Gasteiger partial charge in [0.2, 0.25) is 5.78 Å². The Balaban J connectivity index is -0.0000000140. The molecule has 0 spiro atoms. The van der Waals surface area contributed by atoms with Crippen LogP contribution >= 0.6 is 0 Å². The van der Waals surface area contributed by atoms with E-state index in [0.717, 1.165) is 0 Å². The largest absolute Gasteiger partial charge is 0.353 e. The molecule has 0 unspecified atom stereocenters. The van der Waals surface area contributed by atoms with Gasteiger partial charge in [-0.2, -0.15) is 0 Å². The Morgan fingerprint density at radius 3 is 0.641 bits per heavy atom. The van der Waals surface area contributed by atoms with Crippen LogP contribution in [0.1, 0.15) is 201 Å². The van der Waals surface area contributed by atoms with Crippen molar-refractivity contribution < 1.29 is 9.59 Å². The van der Waals surface area contributed by atoms with Gasteiger partial charge in [-0.1, -0.05) is 201 Å². The number of carbonyl (C=O) groups is 2. The number of nitrogens with one attached hydrogen (secondary N) is 2. The molecule has 0 fully saturated rings. The molecular formula is C35H98N2O2. The lowest BCUT2D eigenvalue weighted by molar-refractivity contribution is -0.139. The third-order valence-electron chi connectivity index (χ3n) is 1.71. The van der Waals surface area contributed by atoms with E-state index in [1.165, 1.54) is 7.05 Å². The molecule has 0 aromatic carbocycles. The SMILES string of the molecule is C.CC.CC.CC.CC.CC.CC.CC.CC.CC.CC.CC.CC.CC.CNC(=O)C(=O)[C@@H](NC)C(C)C. The first-order valence-corrected chi connectivity index (χ1v) is 17.0. The first kappa shape index (κ1) is 98.3. The van der Waals surface area contributed by atoms with Gasteiger partial charge in [0.25, 0.3) is 5.91 Å². The average molecular weight is 579 g/mol. The minimum atomic E-state index is -0.539. The van der Waals surface area contributed by atoms with Gasteiger partial charge in [-0.25, -0.2) is 0 Å². The first-order chi connectivity index (χ1) is 18.5. The molecule has 4 heteroatoms. The van der Waals surface area contributed by atoms with Crippen LogP contribution in [0.2, 0.25) is 0 Å². The highest BCUT2D eigenvalue weighted by molar-refractivity contribution is 6.38. The normalized spacial score (nSPS) is 5.92. The molecule has 0 heterocycles. The second-order valence-electron chi connectivity index (χ2n) is 2.95. The van der Waals surface area contributed by atoms with Crippen LogP contribution in [-0.4, -0.2) is 31.8 Å². The smallest absolute Gasteiger partial charge is 0.288 e. The molecule has 0 saturated carbocycles. The van der Waals surface area contributed by atoms with Crippen molar-refractivity contribution in [2.75, 3.05) is 14.1 Å². The van der Waals surface area contributed by atoms with E-state index in [1.54, 1.807) is 7.05 Å². The molecule has 0 aliphatic heterocycles. The zero-order valence-electron chi connectivity index (χ0n) is 34.0.